The van der Waals surface area contributed by atoms with Gasteiger partial charge in [0.05, 0.1) is 12.3 Å². The molecule has 2 atom stereocenters. The molecule has 0 bridgehead atoms. The van der Waals surface area contributed by atoms with Crippen LogP contribution in [0.1, 0.15) is 39.5 Å². The number of anilines is 1. The molecule has 0 radical (unpaired) electrons. The van der Waals surface area contributed by atoms with Crippen LogP contribution >= 0.6 is 0 Å². The van der Waals surface area contributed by atoms with Crippen LogP contribution in [0.3, 0.4) is 0 Å². The molecule has 18 heavy (non-hydrogen) atoms. The molecule has 2 nitrogen and oxygen atoms in total. The van der Waals surface area contributed by atoms with Crippen LogP contribution in [0.4, 0.5) is 10.1 Å². The molecular weight excluding hydrogens is 229 g/mol. The van der Waals surface area contributed by atoms with Crippen molar-refractivity contribution in [2.45, 2.75) is 45.6 Å². The number of halogens is 1. The molecule has 0 amide bonds. The number of nitrogens with one attached hydrogen (secondary N) is 1. The summed E-state index contributed by atoms with van der Waals surface area (Å²) < 4.78 is 18.7. The lowest BCUT2D eigenvalue weighted by atomic mass is 9.87. The summed E-state index contributed by atoms with van der Waals surface area (Å²) in [6.45, 7) is 4.76. The fraction of sp³-hybridized carbons (Fsp3) is 0.600. The predicted octanol–water partition coefficient (Wildman–Crippen LogP) is 4.22. The minimum absolute atomic E-state index is 0.249. The Morgan fingerprint density at radius 1 is 1.39 bits per heavy atom. The van der Waals surface area contributed by atoms with Crippen LogP contribution < -0.4 is 10.1 Å². The molecule has 0 saturated heterocycles. The first-order valence-corrected chi connectivity index (χ1v) is 6.88. The zero-order valence-electron chi connectivity index (χ0n) is 11.2. The van der Waals surface area contributed by atoms with E-state index in [1.54, 1.807) is 6.07 Å². The third-order valence-electron chi connectivity index (χ3n) is 3.54. The van der Waals surface area contributed by atoms with Crippen LogP contribution in [0.5, 0.6) is 5.75 Å². The maximum absolute atomic E-state index is 13.2. The molecule has 1 N–H and O–H groups in total. The van der Waals surface area contributed by atoms with Crippen LogP contribution in [0.25, 0.3) is 0 Å². The molecule has 2 rings (SSSR count). The van der Waals surface area contributed by atoms with Gasteiger partial charge in [0.15, 0.2) is 0 Å². The summed E-state index contributed by atoms with van der Waals surface area (Å²) in [5.74, 6) is 1.14. The van der Waals surface area contributed by atoms with Gasteiger partial charge in [0.1, 0.15) is 11.6 Å². The normalized spacial score (nSPS) is 23.7. The summed E-state index contributed by atoms with van der Waals surface area (Å²) in [4.78, 5) is 0. The predicted molar refractivity (Wildman–Crippen MR) is 72.6 cm³/mol. The largest absolute Gasteiger partial charge is 0.492 e. The first-order chi connectivity index (χ1) is 8.69. The summed E-state index contributed by atoms with van der Waals surface area (Å²) in [6, 6.07) is 5.20. The van der Waals surface area contributed by atoms with Gasteiger partial charge < -0.3 is 10.1 Å². The molecule has 0 spiro atoms. The second-order valence-electron chi connectivity index (χ2n) is 5.19. The smallest absolute Gasteiger partial charge is 0.145 e. The number of hydrogen-bond donors (Lipinski definition) is 1. The molecule has 1 fully saturated rings. The Kier molecular flexibility index (Phi) is 4.45. The Balaban J connectivity index is 2.07. The standard InChI is InChI=1S/C15H22FNO/c1-3-18-15-10-12(16)7-8-14(15)17-13-6-4-5-11(2)9-13/h7-8,10-11,13,17H,3-6,9H2,1-2H3. The van der Waals surface area contributed by atoms with Gasteiger partial charge in [0, 0.05) is 12.1 Å². The van der Waals surface area contributed by atoms with E-state index in [1.165, 1.54) is 37.8 Å². The van der Waals surface area contributed by atoms with Crippen molar-refractivity contribution < 1.29 is 9.13 Å². The second kappa shape index (κ2) is 6.07. The van der Waals surface area contributed by atoms with Gasteiger partial charge in [-0.1, -0.05) is 19.8 Å². The third-order valence-corrected chi connectivity index (χ3v) is 3.54. The lowest BCUT2D eigenvalue weighted by Gasteiger charge is -2.29. The Morgan fingerprint density at radius 3 is 2.94 bits per heavy atom. The highest BCUT2D eigenvalue weighted by Gasteiger charge is 2.19. The van der Waals surface area contributed by atoms with Gasteiger partial charge in [0.2, 0.25) is 0 Å². The fourth-order valence-corrected chi connectivity index (χ4v) is 2.68. The zero-order valence-corrected chi connectivity index (χ0v) is 11.2. The van der Waals surface area contributed by atoms with Crippen molar-refractivity contribution in [1.82, 2.24) is 0 Å². The maximum atomic E-state index is 13.2. The van der Waals surface area contributed by atoms with E-state index in [9.17, 15) is 4.39 Å². The zero-order chi connectivity index (χ0) is 13.0. The highest BCUT2D eigenvalue weighted by atomic mass is 19.1. The summed E-state index contributed by atoms with van der Waals surface area (Å²) in [7, 11) is 0. The molecule has 1 aliphatic carbocycles. The van der Waals surface area contributed by atoms with Crippen molar-refractivity contribution in [3.8, 4) is 5.75 Å². The highest BCUT2D eigenvalue weighted by Crippen LogP contribution is 2.31. The van der Waals surface area contributed by atoms with E-state index >= 15 is 0 Å². The topological polar surface area (TPSA) is 21.3 Å². The van der Waals surface area contributed by atoms with E-state index in [0.29, 0.717) is 18.4 Å². The quantitative estimate of drug-likeness (QED) is 0.865. The Bertz CT molecular complexity index is 394. The molecule has 1 aliphatic rings. The summed E-state index contributed by atoms with van der Waals surface area (Å²) in [6.07, 6.45) is 4.96. The minimum Gasteiger partial charge on any atom is -0.492 e. The van der Waals surface area contributed by atoms with Gasteiger partial charge in [0.25, 0.3) is 0 Å². The van der Waals surface area contributed by atoms with Crippen LogP contribution in [-0.2, 0) is 0 Å². The maximum Gasteiger partial charge on any atom is 0.145 e. The van der Waals surface area contributed by atoms with Crippen molar-refractivity contribution in [3.05, 3.63) is 24.0 Å². The Hall–Kier alpha value is -1.25. The van der Waals surface area contributed by atoms with E-state index in [-0.39, 0.29) is 5.82 Å². The average Bonchev–Trinajstić information content (AvgIpc) is 2.33. The van der Waals surface area contributed by atoms with Crippen molar-refractivity contribution in [2.24, 2.45) is 5.92 Å². The molecule has 1 saturated carbocycles. The van der Waals surface area contributed by atoms with E-state index in [2.05, 4.69) is 12.2 Å². The summed E-state index contributed by atoms with van der Waals surface area (Å²) in [5, 5.41) is 3.50. The summed E-state index contributed by atoms with van der Waals surface area (Å²) in [5.41, 5.74) is 0.914. The molecule has 100 valence electrons. The van der Waals surface area contributed by atoms with Crippen molar-refractivity contribution in [3.63, 3.8) is 0 Å². The Morgan fingerprint density at radius 2 is 2.22 bits per heavy atom. The second-order valence-corrected chi connectivity index (χ2v) is 5.19. The van der Waals surface area contributed by atoms with Gasteiger partial charge in [-0.15, -0.1) is 0 Å². The van der Waals surface area contributed by atoms with Crippen LogP contribution in [0.15, 0.2) is 18.2 Å². The fourth-order valence-electron chi connectivity index (χ4n) is 2.68. The third kappa shape index (κ3) is 3.37. The lowest BCUT2D eigenvalue weighted by molar-refractivity contribution is 0.335. The van der Waals surface area contributed by atoms with Crippen LogP contribution in [0, 0.1) is 11.7 Å². The molecule has 0 heterocycles. The van der Waals surface area contributed by atoms with E-state index in [4.69, 9.17) is 4.74 Å². The number of ether oxygens (including phenoxy) is 1. The van der Waals surface area contributed by atoms with Gasteiger partial charge in [-0.2, -0.15) is 0 Å². The number of rotatable bonds is 4. The lowest BCUT2D eigenvalue weighted by Crippen LogP contribution is -2.26. The van der Waals surface area contributed by atoms with Crippen molar-refractivity contribution >= 4 is 5.69 Å². The first-order valence-electron chi connectivity index (χ1n) is 6.88. The van der Waals surface area contributed by atoms with Crippen molar-refractivity contribution in [1.29, 1.82) is 0 Å². The molecule has 2 unspecified atom stereocenters. The molecule has 1 aromatic carbocycles. The molecule has 0 aromatic heterocycles. The van der Waals surface area contributed by atoms with E-state index in [0.717, 1.165) is 11.6 Å². The van der Waals surface area contributed by atoms with E-state index < -0.39 is 0 Å². The van der Waals surface area contributed by atoms with Gasteiger partial charge in [-0.25, -0.2) is 4.39 Å². The first kappa shape index (κ1) is 13.2. The average molecular weight is 251 g/mol. The Labute approximate surface area is 109 Å². The highest BCUT2D eigenvalue weighted by molar-refractivity contribution is 5.57. The van der Waals surface area contributed by atoms with Crippen LogP contribution in [0.2, 0.25) is 0 Å². The van der Waals surface area contributed by atoms with Gasteiger partial charge in [-0.05, 0) is 37.8 Å². The monoisotopic (exact) mass is 251 g/mol. The van der Waals surface area contributed by atoms with Crippen LogP contribution in [-0.4, -0.2) is 12.6 Å². The van der Waals surface area contributed by atoms with Gasteiger partial charge in [-0.3, -0.25) is 0 Å². The number of benzene rings is 1. The summed E-state index contributed by atoms with van der Waals surface area (Å²) >= 11 is 0. The SMILES string of the molecule is CCOc1cc(F)ccc1NC1CCCC(C)C1. The van der Waals surface area contributed by atoms with E-state index in [1.807, 2.05) is 6.92 Å². The number of hydrogen-bond acceptors (Lipinski definition) is 2. The molecule has 3 heteroatoms. The molecular formula is C15H22FNO. The molecule has 1 aromatic rings. The van der Waals surface area contributed by atoms with Crippen molar-refractivity contribution in [2.75, 3.05) is 11.9 Å². The minimum atomic E-state index is -0.249. The molecule has 0 aliphatic heterocycles. The van der Waals surface area contributed by atoms with Gasteiger partial charge >= 0.3 is 0 Å².